The molecule has 0 saturated heterocycles. The number of H-pyrrole nitrogens is 1. The summed E-state index contributed by atoms with van der Waals surface area (Å²) in [5.41, 5.74) is 1.76. The lowest BCUT2D eigenvalue weighted by Gasteiger charge is -1.98. The molecule has 0 fully saturated rings. The van der Waals surface area contributed by atoms with Gasteiger partial charge in [0.05, 0.1) is 17.7 Å². The molecule has 3 nitrogen and oxygen atoms in total. The second-order valence-corrected chi connectivity index (χ2v) is 2.93. The Morgan fingerprint density at radius 3 is 2.85 bits per heavy atom. The fourth-order valence-corrected chi connectivity index (χ4v) is 1.21. The fraction of sp³-hybridized carbons (Fsp3) is 0. The first-order valence-corrected chi connectivity index (χ1v) is 4.23. The standard InChI is InChI=1S/C9H7N3S/c13-9-5-8(11-6-12-9)7-3-1-2-4-10-7/h1-6H,(H,11,12,13). The van der Waals surface area contributed by atoms with Gasteiger partial charge >= 0.3 is 0 Å². The molecular weight excluding hydrogens is 182 g/mol. The molecule has 0 unspecified atom stereocenters. The van der Waals surface area contributed by atoms with E-state index in [4.69, 9.17) is 12.2 Å². The minimum absolute atomic E-state index is 0.569. The summed E-state index contributed by atoms with van der Waals surface area (Å²) in [4.78, 5) is 11.1. The third kappa shape index (κ3) is 1.78. The summed E-state index contributed by atoms with van der Waals surface area (Å²) >= 11 is 4.94. The largest absolute Gasteiger partial charge is 0.344 e. The number of nitrogens with zero attached hydrogens (tertiary/aromatic N) is 2. The lowest BCUT2D eigenvalue weighted by molar-refractivity contribution is 1.14. The molecule has 2 heterocycles. The van der Waals surface area contributed by atoms with E-state index in [0.717, 1.165) is 11.4 Å². The minimum Gasteiger partial charge on any atom is -0.344 e. The first-order valence-electron chi connectivity index (χ1n) is 3.82. The Morgan fingerprint density at radius 1 is 1.23 bits per heavy atom. The van der Waals surface area contributed by atoms with Crippen LogP contribution in [-0.4, -0.2) is 15.0 Å². The van der Waals surface area contributed by atoms with Crippen LogP contribution in [-0.2, 0) is 0 Å². The zero-order valence-corrected chi connectivity index (χ0v) is 7.58. The minimum atomic E-state index is 0.569. The van der Waals surface area contributed by atoms with E-state index in [2.05, 4.69) is 15.0 Å². The van der Waals surface area contributed by atoms with Crippen LogP contribution in [0.1, 0.15) is 0 Å². The first kappa shape index (κ1) is 8.07. The molecule has 0 aliphatic rings. The van der Waals surface area contributed by atoms with Crippen molar-refractivity contribution in [3.8, 4) is 11.4 Å². The maximum absolute atomic E-state index is 4.94. The van der Waals surface area contributed by atoms with Crippen molar-refractivity contribution in [2.45, 2.75) is 0 Å². The maximum Gasteiger partial charge on any atom is 0.130 e. The molecule has 64 valence electrons. The van der Waals surface area contributed by atoms with Crippen molar-refractivity contribution < 1.29 is 0 Å². The van der Waals surface area contributed by atoms with E-state index in [1.54, 1.807) is 18.6 Å². The van der Waals surface area contributed by atoms with Gasteiger partial charge in [-0.2, -0.15) is 0 Å². The van der Waals surface area contributed by atoms with Crippen molar-refractivity contribution in [1.82, 2.24) is 15.0 Å². The summed E-state index contributed by atoms with van der Waals surface area (Å²) in [5.74, 6) is 0. The third-order valence-electron chi connectivity index (χ3n) is 1.62. The van der Waals surface area contributed by atoms with Gasteiger partial charge in [0.1, 0.15) is 4.64 Å². The van der Waals surface area contributed by atoms with Crippen LogP contribution in [0, 0.1) is 4.64 Å². The smallest absolute Gasteiger partial charge is 0.130 e. The summed E-state index contributed by atoms with van der Waals surface area (Å²) in [7, 11) is 0. The van der Waals surface area contributed by atoms with Gasteiger partial charge < -0.3 is 4.98 Å². The quantitative estimate of drug-likeness (QED) is 0.699. The second-order valence-electron chi connectivity index (χ2n) is 2.51. The molecule has 0 aliphatic heterocycles. The zero-order chi connectivity index (χ0) is 9.10. The van der Waals surface area contributed by atoms with E-state index in [1.807, 2.05) is 18.2 Å². The average Bonchev–Trinajstić information content (AvgIpc) is 2.19. The Hall–Kier alpha value is -1.55. The van der Waals surface area contributed by atoms with E-state index in [0.29, 0.717) is 4.64 Å². The molecule has 4 heteroatoms. The normalized spacial score (nSPS) is 9.85. The van der Waals surface area contributed by atoms with Gasteiger partial charge in [0.15, 0.2) is 0 Å². The summed E-state index contributed by atoms with van der Waals surface area (Å²) in [6.07, 6.45) is 3.32. The zero-order valence-electron chi connectivity index (χ0n) is 6.77. The lowest BCUT2D eigenvalue weighted by Crippen LogP contribution is -1.87. The number of pyridine rings is 1. The molecular formula is C9H7N3S. The first-order chi connectivity index (χ1) is 6.36. The van der Waals surface area contributed by atoms with Gasteiger partial charge in [-0.25, -0.2) is 4.98 Å². The third-order valence-corrected chi connectivity index (χ3v) is 1.84. The molecule has 0 aromatic carbocycles. The molecule has 0 saturated carbocycles. The monoisotopic (exact) mass is 189 g/mol. The number of hydrogen-bond donors (Lipinski definition) is 1. The van der Waals surface area contributed by atoms with E-state index in [1.165, 1.54) is 0 Å². The van der Waals surface area contributed by atoms with Crippen molar-refractivity contribution in [2.24, 2.45) is 0 Å². The molecule has 13 heavy (non-hydrogen) atoms. The summed E-state index contributed by atoms with van der Waals surface area (Å²) in [5, 5.41) is 0. The Morgan fingerprint density at radius 2 is 2.15 bits per heavy atom. The SMILES string of the molecule is S=c1cc(-c2ccccn2)[nH]cn1. The summed E-state index contributed by atoms with van der Waals surface area (Å²) in [6.45, 7) is 0. The molecule has 0 spiro atoms. The van der Waals surface area contributed by atoms with Crippen molar-refractivity contribution >= 4 is 12.2 Å². The van der Waals surface area contributed by atoms with Crippen molar-refractivity contribution in [3.63, 3.8) is 0 Å². The van der Waals surface area contributed by atoms with Crippen LogP contribution in [0.25, 0.3) is 11.4 Å². The van der Waals surface area contributed by atoms with Gasteiger partial charge in [0.2, 0.25) is 0 Å². The number of aromatic amines is 1. The molecule has 0 bridgehead atoms. The highest BCUT2D eigenvalue weighted by Gasteiger charge is 1.96. The molecule has 0 radical (unpaired) electrons. The Bertz CT molecular complexity index is 450. The van der Waals surface area contributed by atoms with Crippen LogP contribution < -0.4 is 0 Å². The van der Waals surface area contributed by atoms with Gasteiger partial charge in [-0.3, -0.25) is 4.98 Å². The number of aromatic nitrogens is 3. The van der Waals surface area contributed by atoms with Gasteiger partial charge in [0, 0.05) is 12.3 Å². The van der Waals surface area contributed by atoms with Crippen LogP contribution in [0.4, 0.5) is 0 Å². The highest BCUT2D eigenvalue weighted by Crippen LogP contribution is 2.11. The highest BCUT2D eigenvalue weighted by molar-refractivity contribution is 7.71. The fourth-order valence-electron chi connectivity index (χ4n) is 1.04. The molecule has 0 amide bonds. The second kappa shape index (κ2) is 3.45. The van der Waals surface area contributed by atoms with Crippen LogP contribution in [0.5, 0.6) is 0 Å². The van der Waals surface area contributed by atoms with E-state index < -0.39 is 0 Å². The molecule has 2 rings (SSSR count). The average molecular weight is 189 g/mol. The Balaban J connectivity index is 2.54. The van der Waals surface area contributed by atoms with E-state index in [-0.39, 0.29) is 0 Å². The van der Waals surface area contributed by atoms with Crippen LogP contribution in [0.15, 0.2) is 36.8 Å². The van der Waals surface area contributed by atoms with Crippen molar-refractivity contribution in [2.75, 3.05) is 0 Å². The highest BCUT2D eigenvalue weighted by atomic mass is 32.1. The molecule has 0 aliphatic carbocycles. The predicted molar refractivity (Wildman–Crippen MR) is 52.7 cm³/mol. The Kier molecular flexibility index (Phi) is 2.14. The van der Waals surface area contributed by atoms with Gasteiger partial charge in [-0.1, -0.05) is 18.3 Å². The molecule has 2 aromatic rings. The molecule has 0 atom stereocenters. The lowest BCUT2D eigenvalue weighted by atomic mass is 10.3. The molecule has 1 N–H and O–H groups in total. The maximum atomic E-state index is 4.94. The predicted octanol–water partition coefficient (Wildman–Crippen LogP) is 2.20. The van der Waals surface area contributed by atoms with E-state index >= 15 is 0 Å². The summed E-state index contributed by atoms with van der Waals surface area (Å²) in [6, 6.07) is 7.51. The summed E-state index contributed by atoms with van der Waals surface area (Å²) < 4.78 is 0.569. The van der Waals surface area contributed by atoms with E-state index in [9.17, 15) is 0 Å². The van der Waals surface area contributed by atoms with Crippen molar-refractivity contribution in [1.29, 1.82) is 0 Å². The van der Waals surface area contributed by atoms with Crippen LogP contribution in [0.3, 0.4) is 0 Å². The number of nitrogens with one attached hydrogen (secondary N) is 1. The van der Waals surface area contributed by atoms with Crippen LogP contribution in [0.2, 0.25) is 0 Å². The number of hydrogen-bond acceptors (Lipinski definition) is 3. The van der Waals surface area contributed by atoms with Gasteiger partial charge in [-0.15, -0.1) is 0 Å². The van der Waals surface area contributed by atoms with Gasteiger partial charge in [-0.05, 0) is 12.1 Å². The molecule has 2 aromatic heterocycles. The van der Waals surface area contributed by atoms with Crippen molar-refractivity contribution in [3.05, 3.63) is 41.4 Å². The number of rotatable bonds is 1. The topological polar surface area (TPSA) is 41.6 Å². The Labute approximate surface area is 80.5 Å². The van der Waals surface area contributed by atoms with Crippen LogP contribution >= 0.6 is 12.2 Å². The van der Waals surface area contributed by atoms with Gasteiger partial charge in [0.25, 0.3) is 0 Å².